The van der Waals surface area contributed by atoms with Crippen molar-refractivity contribution in [1.82, 2.24) is 5.32 Å². The fraction of sp³-hybridized carbons (Fsp3) is 0.214. The minimum Gasteiger partial charge on any atom is -0.460 e. The van der Waals surface area contributed by atoms with Crippen molar-refractivity contribution in [2.45, 2.75) is 6.92 Å². The van der Waals surface area contributed by atoms with E-state index in [4.69, 9.17) is 14.6 Å². The number of amides is 1. The van der Waals surface area contributed by atoms with Gasteiger partial charge in [0.2, 0.25) is 5.76 Å². The number of methoxy groups -OCH3 is 1. The third-order valence-electron chi connectivity index (χ3n) is 2.69. The quantitative estimate of drug-likeness (QED) is 0.513. The second kappa shape index (κ2) is 6.08. The summed E-state index contributed by atoms with van der Waals surface area (Å²) >= 11 is 0. The number of esters is 1. The van der Waals surface area contributed by atoms with Crippen LogP contribution < -0.4 is 5.32 Å². The molecule has 0 saturated carbocycles. The zero-order chi connectivity index (χ0) is 15.4. The number of hydrogen-bond acceptors (Lipinski definition) is 6. The zero-order valence-corrected chi connectivity index (χ0v) is 11.6. The Morgan fingerprint density at radius 1 is 1.33 bits per heavy atom. The molecule has 0 atom stereocenters. The first kappa shape index (κ1) is 14.6. The molecule has 7 heteroatoms. The lowest BCUT2D eigenvalue weighted by molar-refractivity contribution is 0.0492. The Kier molecular flexibility index (Phi) is 4.22. The molecule has 0 bridgehead atoms. The first-order chi connectivity index (χ1) is 10.0. The van der Waals surface area contributed by atoms with Crippen molar-refractivity contribution in [2.75, 3.05) is 13.7 Å². The molecule has 0 unspecified atom stereocenters. The molecule has 0 radical (unpaired) electrons. The highest BCUT2D eigenvalue weighted by Gasteiger charge is 2.14. The van der Waals surface area contributed by atoms with E-state index < -0.39 is 12.1 Å². The number of ether oxygens (including phenoxy) is 2. The van der Waals surface area contributed by atoms with Gasteiger partial charge >= 0.3 is 12.1 Å². The molecule has 2 aromatic rings. The number of nitrogens with one attached hydrogen (secondary N) is 2. The fourth-order valence-corrected chi connectivity index (χ4v) is 1.73. The highest BCUT2D eigenvalue weighted by molar-refractivity contribution is 6.06. The largest absolute Gasteiger partial charge is 0.460 e. The molecule has 2 N–H and O–H groups in total. The Labute approximate surface area is 120 Å². The summed E-state index contributed by atoms with van der Waals surface area (Å²) in [5.41, 5.74) is 0.955. The topological polar surface area (TPSA) is 102 Å². The van der Waals surface area contributed by atoms with Gasteiger partial charge in [-0.2, -0.15) is 0 Å². The predicted octanol–water partition coefficient (Wildman–Crippen LogP) is 2.29. The lowest BCUT2D eigenvalue weighted by Gasteiger charge is -2.05. The molecule has 1 heterocycles. The Morgan fingerprint density at radius 2 is 2.10 bits per heavy atom. The number of hydrogen-bond donors (Lipinski definition) is 2. The van der Waals surface area contributed by atoms with Crippen LogP contribution in [0, 0.1) is 5.41 Å². The number of rotatable bonds is 3. The molecule has 0 fully saturated rings. The smallest absolute Gasteiger partial charge is 0.412 e. The summed E-state index contributed by atoms with van der Waals surface area (Å²) < 4.78 is 14.6. The average Bonchev–Trinajstić information content (AvgIpc) is 2.90. The summed E-state index contributed by atoms with van der Waals surface area (Å²) in [5.74, 6) is -0.558. The van der Waals surface area contributed by atoms with E-state index in [0.717, 1.165) is 0 Å². The van der Waals surface area contributed by atoms with Gasteiger partial charge in [0, 0.05) is 10.9 Å². The van der Waals surface area contributed by atoms with Crippen molar-refractivity contribution in [2.24, 2.45) is 0 Å². The standard InChI is InChI=1S/C14H14N2O5/c1-3-20-13(17)11-7-9-6-8(4-5-10(9)21-11)12(15)16-14(18)19-2/h4-7H,3H2,1-2H3,(H2,15,16,18). The Hall–Kier alpha value is -2.83. The van der Waals surface area contributed by atoms with Crippen LogP contribution in [0.3, 0.4) is 0 Å². The minimum atomic E-state index is -0.723. The van der Waals surface area contributed by atoms with Crippen molar-refractivity contribution in [3.8, 4) is 0 Å². The number of amidine groups is 1. The van der Waals surface area contributed by atoms with Crippen molar-refractivity contribution < 1.29 is 23.5 Å². The molecular weight excluding hydrogens is 276 g/mol. The van der Waals surface area contributed by atoms with Crippen LogP contribution in [0.4, 0.5) is 4.79 Å². The van der Waals surface area contributed by atoms with E-state index in [1.165, 1.54) is 13.2 Å². The van der Waals surface area contributed by atoms with Crippen LogP contribution in [0.25, 0.3) is 11.0 Å². The van der Waals surface area contributed by atoms with Gasteiger partial charge in [-0.05, 0) is 31.2 Å². The third kappa shape index (κ3) is 3.19. The van der Waals surface area contributed by atoms with E-state index in [2.05, 4.69) is 10.1 Å². The van der Waals surface area contributed by atoms with Crippen LogP contribution in [0.5, 0.6) is 0 Å². The molecule has 1 amide bonds. The van der Waals surface area contributed by atoms with Gasteiger partial charge in [0.05, 0.1) is 13.7 Å². The van der Waals surface area contributed by atoms with E-state index in [0.29, 0.717) is 16.5 Å². The van der Waals surface area contributed by atoms with Crippen LogP contribution in [-0.4, -0.2) is 31.6 Å². The number of furan rings is 1. The van der Waals surface area contributed by atoms with E-state index in [1.54, 1.807) is 25.1 Å². The van der Waals surface area contributed by atoms with Gasteiger partial charge in [-0.3, -0.25) is 10.7 Å². The third-order valence-corrected chi connectivity index (χ3v) is 2.69. The summed E-state index contributed by atoms with van der Waals surface area (Å²) in [4.78, 5) is 22.7. The molecule has 1 aromatic carbocycles. The summed E-state index contributed by atoms with van der Waals surface area (Å²) in [6.45, 7) is 1.97. The van der Waals surface area contributed by atoms with E-state index in [-0.39, 0.29) is 18.2 Å². The number of benzene rings is 1. The number of alkyl carbamates (subject to hydrolysis) is 1. The van der Waals surface area contributed by atoms with Crippen molar-refractivity contribution in [1.29, 1.82) is 5.41 Å². The SMILES string of the molecule is CCOC(=O)c1cc2cc(C(=N)NC(=O)OC)ccc2o1. The van der Waals surface area contributed by atoms with Crippen molar-refractivity contribution in [3.05, 3.63) is 35.6 Å². The summed E-state index contributed by atoms with van der Waals surface area (Å²) in [6, 6.07) is 6.36. The highest BCUT2D eigenvalue weighted by Crippen LogP contribution is 2.21. The number of fused-ring (bicyclic) bond motifs is 1. The van der Waals surface area contributed by atoms with Crippen LogP contribution in [0.2, 0.25) is 0 Å². The van der Waals surface area contributed by atoms with Gasteiger partial charge in [-0.1, -0.05) is 0 Å². The Morgan fingerprint density at radius 3 is 2.76 bits per heavy atom. The molecule has 2 rings (SSSR count). The van der Waals surface area contributed by atoms with Crippen LogP contribution in [0.1, 0.15) is 23.0 Å². The van der Waals surface area contributed by atoms with Gasteiger partial charge in [-0.15, -0.1) is 0 Å². The summed E-state index contributed by atoms with van der Waals surface area (Å²) in [7, 11) is 1.22. The summed E-state index contributed by atoms with van der Waals surface area (Å²) in [5, 5.41) is 10.7. The van der Waals surface area contributed by atoms with Gasteiger partial charge in [0.25, 0.3) is 0 Å². The lowest BCUT2D eigenvalue weighted by atomic mass is 10.1. The highest BCUT2D eigenvalue weighted by atomic mass is 16.5. The van der Waals surface area contributed by atoms with E-state index in [9.17, 15) is 9.59 Å². The molecular formula is C14H14N2O5. The maximum Gasteiger partial charge on any atom is 0.412 e. The van der Waals surface area contributed by atoms with E-state index >= 15 is 0 Å². The molecule has 1 aromatic heterocycles. The molecule has 0 saturated heterocycles. The second-order valence-corrected chi connectivity index (χ2v) is 4.08. The molecule has 0 aliphatic heterocycles. The van der Waals surface area contributed by atoms with E-state index in [1.807, 2.05) is 0 Å². The van der Waals surface area contributed by atoms with Gasteiger partial charge < -0.3 is 13.9 Å². The molecule has 0 aliphatic carbocycles. The molecule has 21 heavy (non-hydrogen) atoms. The van der Waals surface area contributed by atoms with Gasteiger partial charge in [0.1, 0.15) is 11.4 Å². The van der Waals surface area contributed by atoms with Crippen LogP contribution in [0.15, 0.2) is 28.7 Å². The normalized spacial score (nSPS) is 10.2. The fourth-order valence-electron chi connectivity index (χ4n) is 1.73. The van der Waals surface area contributed by atoms with Crippen molar-refractivity contribution >= 4 is 28.9 Å². The monoisotopic (exact) mass is 290 g/mol. The average molecular weight is 290 g/mol. The maximum absolute atomic E-state index is 11.6. The molecule has 7 nitrogen and oxygen atoms in total. The molecule has 0 aliphatic rings. The minimum absolute atomic E-state index is 0.0939. The maximum atomic E-state index is 11.6. The van der Waals surface area contributed by atoms with Gasteiger partial charge in [-0.25, -0.2) is 9.59 Å². The first-order valence-electron chi connectivity index (χ1n) is 6.19. The predicted molar refractivity (Wildman–Crippen MR) is 74.5 cm³/mol. The lowest BCUT2D eigenvalue weighted by Crippen LogP contribution is -2.30. The Balaban J connectivity index is 2.27. The summed E-state index contributed by atoms with van der Waals surface area (Å²) in [6.07, 6.45) is -0.723. The molecule has 110 valence electrons. The first-order valence-corrected chi connectivity index (χ1v) is 6.19. The number of carbonyl (C=O) groups excluding carboxylic acids is 2. The molecule has 0 spiro atoms. The van der Waals surface area contributed by atoms with Crippen LogP contribution >= 0.6 is 0 Å². The van der Waals surface area contributed by atoms with Crippen molar-refractivity contribution in [3.63, 3.8) is 0 Å². The second-order valence-electron chi connectivity index (χ2n) is 4.08. The Bertz CT molecular complexity index is 704. The van der Waals surface area contributed by atoms with Crippen LogP contribution in [-0.2, 0) is 9.47 Å². The number of carbonyl (C=O) groups is 2. The van der Waals surface area contributed by atoms with Gasteiger partial charge in [0.15, 0.2) is 0 Å². The zero-order valence-electron chi connectivity index (χ0n) is 11.6.